The van der Waals surface area contributed by atoms with E-state index >= 15 is 0 Å². The molecule has 1 heterocycles. The molecule has 0 bridgehead atoms. The maximum atomic E-state index is 11.7. The first-order valence-corrected chi connectivity index (χ1v) is 6.37. The van der Waals surface area contributed by atoms with Crippen molar-refractivity contribution >= 4 is 21.1 Å². The Morgan fingerprint density at radius 2 is 2.00 bits per heavy atom. The van der Waals surface area contributed by atoms with Gasteiger partial charge in [-0.25, -0.2) is 0 Å². The molecule has 1 aromatic carbocycles. The van der Waals surface area contributed by atoms with Crippen LogP contribution in [0.25, 0.3) is 11.0 Å². The van der Waals surface area contributed by atoms with Crippen LogP contribution in [0.4, 0.5) is 0 Å². The van der Waals surface area contributed by atoms with Gasteiger partial charge in [0.1, 0.15) is 11.5 Å². The second-order valence-electron chi connectivity index (χ2n) is 3.67. The molecule has 2 aromatic rings. The minimum Gasteiger partial charge on any atom is -0.495 e. The van der Waals surface area contributed by atoms with Gasteiger partial charge in [-0.3, -0.25) is 9.35 Å². The molecule has 0 aliphatic heterocycles. The van der Waals surface area contributed by atoms with Gasteiger partial charge in [0.25, 0.3) is 0 Å². The first-order chi connectivity index (χ1) is 8.34. The Morgan fingerprint density at radius 3 is 2.56 bits per heavy atom. The predicted molar refractivity (Wildman–Crippen MR) is 63.6 cm³/mol. The van der Waals surface area contributed by atoms with Gasteiger partial charge in [-0.15, -0.1) is 0 Å². The summed E-state index contributed by atoms with van der Waals surface area (Å²) in [6.45, 7) is 1.51. The molecule has 0 saturated heterocycles. The van der Waals surface area contributed by atoms with Crippen LogP contribution in [0.1, 0.15) is 5.76 Å². The average molecular weight is 270 g/mol. The number of ether oxygens (including phenoxy) is 1. The van der Waals surface area contributed by atoms with E-state index in [4.69, 9.17) is 9.15 Å². The molecule has 0 unspecified atom stereocenters. The van der Waals surface area contributed by atoms with Crippen LogP contribution < -0.4 is 10.2 Å². The highest BCUT2D eigenvalue weighted by Gasteiger charge is 2.23. The standard InChI is InChI=1S/C11H10O6S/c1-6-5-8(12)7-3-4-9(16-2)11(10(7)17-6)18(13,14)15/h3-5H,1-2H3,(H,13,14,15). The fourth-order valence-corrected chi connectivity index (χ4v) is 2.49. The van der Waals surface area contributed by atoms with Gasteiger partial charge >= 0.3 is 10.1 Å². The minimum atomic E-state index is -4.56. The molecule has 0 aliphatic rings. The maximum Gasteiger partial charge on any atom is 0.302 e. The zero-order chi connectivity index (χ0) is 13.5. The molecule has 1 N–H and O–H groups in total. The summed E-state index contributed by atoms with van der Waals surface area (Å²) in [6, 6.07) is 3.91. The number of methoxy groups -OCH3 is 1. The Balaban J connectivity index is 3.08. The quantitative estimate of drug-likeness (QED) is 0.828. The molecule has 0 atom stereocenters. The van der Waals surface area contributed by atoms with E-state index in [2.05, 4.69) is 0 Å². The molecule has 2 rings (SSSR count). The number of benzene rings is 1. The molecule has 0 aliphatic carbocycles. The second-order valence-corrected chi connectivity index (χ2v) is 5.03. The van der Waals surface area contributed by atoms with Gasteiger partial charge in [0.05, 0.1) is 12.5 Å². The van der Waals surface area contributed by atoms with E-state index in [0.717, 1.165) is 0 Å². The van der Waals surface area contributed by atoms with Crippen LogP contribution in [-0.2, 0) is 10.1 Å². The van der Waals surface area contributed by atoms with Crippen LogP contribution in [0.5, 0.6) is 5.75 Å². The third-order valence-corrected chi connectivity index (χ3v) is 3.32. The van der Waals surface area contributed by atoms with Gasteiger partial charge < -0.3 is 9.15 Å². The Bertz CT molecular complexity index is 772. The molecule has 18 heavy (non-hydrogen) atoms. The predicted octanol–water partition coefficient (Wildman–Crippen LogP) is 1.36. The number of fused-ring (bicyclic) bond motifs is 1. The number of rotatable bonds is 2. The largest absolute Gasteiger partial charge is 0.495 e. The molecular weight excluding hydrogens is 260 g/mol. The molecule has 0 saturated carbocycles. The van der Waals surface area contributed by atoms with E-state index in [0.29, 0.717) is 0 Å². The molecule has 7 heteroatoms. The molecule has 0 radical (unpaired) electrons. The molecular formula is C11H10O6S. The van der Waals surface area contributed by atoms with Gasteiger partial charge in [-0.05, 0) is 19.1 Å². The summed E-state index contributed by atoms with van der Waals surface area (Å²) in [4.78, 5) is 11.2. The Labute approximate surface area is 103 Å². The SMILES string of the molecule is COc1ccc2c(=O)cc(C)oc2c1S(=O)(=O)O. The van der Waals surface area contributed by atoms with Crippen LogP contribution in [0.15, 0.2) is 32.3 Å². The van der Waals surface area contributed by atoms with E-state index in [1.807, 2.05) is 0 Å². The van der Waals surface area contributed by atoms with Gasteiger partial charge in [-0.1, -0.05) is 0 Å². The van der Waals surface area contributed by atoms with Crippen LogP contribution in [0.3, 0.4) is 0 Å². The molecule has 0 fully saturated rings. The first-order valence-electron chi connectivity index (χ1n) is 4.93. The maximum absolute atomic E-state index is 11.7. The van der Waals surface area contributed by atoms with Crippen molar-refractivity contribution in [2.75, 3.05) is 7.11 Å². The highest BCUT2D eigenvalue weighted by atomic mass is 32.2. The minimum absolute atomic E-state index is 0.0639. The van der Waals surface area contributed by atoms with Crippen LogP contribution in [0, 0.1) is 6.92 Å². The Kier molecular flexibility index (Phi) is 2.88. The van der Waals surface area contributed by atoms with Gasteiger partial charge in [-0.2, -0.15) is 8.42 Å². The highest BCUT2D eigenvalue weighted by molar-refractivity contribution is 7.86. The number of aryl methyl sites for hydroxylation is 1. The van der Waals surface area contributed by atoms with Crippen molar-refractivity contribution in [1.29, 1.82) is 0 Å². The second kappa shape index (κ2) is 4.11. The van der Waals surface area contributed by atoms with Crippen molar-refractivity contribution in [3.05, 3.63) is 34.2 Å². The van der Waals surface area contributed by atoms with E-state index in [1.54, 1.807) is 0 Å². The lowest BCUT2D eigenvalue weighted by atomic mass is 10.2. The van der Waals surface area contributed by atoms with E-state index in [1.165, 1.54) is 32.2 Å². The topological polar surface area (TPSA) is 93.8 Å². The van der Waals surface area contributed by atoms with Crippen molar-refractivity contribution in [2.24, 2.45) is 0 Å². The monoisotopic (exact) mass is 270 g/mol. The molecule has 0 amide bonds. The first kappa shape index (κ1) is 12.6. The summed E-state index contributed by atoms with van der Waals surface area (Å²) in [5.74, 6) is 0.157. The van der Waals surface area contributed by atoms with Crippen molar-refractivity contribution < 1.29 is 22.1 Å². The molecule has 6 nitrogen and oxygen atoms in total. The van der Waals surface area contributed by atoms with Crippen LogP contribution in [-0.4, -0.2) is 20.1 Å². The van der Waals surface area contributed by atoms with Crippen molar-refractivity contribution in [2.45, 2.75) is 11.8 Å². The van der Waals surface area contributed by atoms with E-state index in [-0.39, 0.29) is 27.9 Å². The Hall–Kier alpha value is -1.86. The van der Waals surface area contributed by atoms with E-state index < -0.39 is 15.0 Å². The summed E-state index contributed by atoms with van der Waals surface area (Å²) in [6.07, 6.45) is 0. The third-order valence-electron chi connectivity index (χ3n) is 2.42. The van der Waals surface area contributed by atoms with Crippen LogP contribution in [0.2, 0.25) is 0 Å². The van der Waals surface area contributed by atoms with Crippen molar-refractivity contribution in [1.82, 2.24) is 0 Å². The zero-order valence-electron chi connectivity index (χ0n) is 9.63. The summed E-state index contributed by atoms with van der Waals surface area (Å²) >= 11 is 0. The summed E-state index contributed by atoms with van der Waals surface area (Å²) in [5, 5.41) is 0.0639. The summed E-state index contributed by atoms with van der Waals surface area (Å²) < 4.78 is 42.0. The van der Waals surface area contributed by atoms with E-state index in [9.17, 15) is 17.8 Å². The van der Waals surface area contributed by atoms with Crippen molar-refractivity contribution in [3.8, 4) is 5.75 Å². The highest BCUT2D eigenvalue weighted by Crippen LogP contribution is 2.31. The lowest BCUT2D eigenvalue weighted by molar-refractivity contribution is 0.396. The Morgan fingerprint density at radius 1 is 1.33 bits per heavy atom. The third kappa shape index (κ3) is 1.98. The molecule has 0 spiro atoms. The molecule has 96 valence electrons. The number of hydrogen-bond acceptors (Lipinski definition) is 5. The van der Waals surface area contributed by atoms with Gasteiger partial charge in [0, 0.05) is 6.07 Å². The average Bonchev–Trinajstić information content (AvgIpc) is 2.25. The van der Waals surface area contributed by atoms with Crippen molar-refractivity contribution in [3.63, 3.8) is 0 Å². The summed E-state index contributed by atoms with van der Waals surface area (Å²) in [7, 11) is -3.31. The zero-order valence-corrected chi connectivity index (χ0v) is 10.4. The number of hydrogen-bond donors (Lipinski definition) is 1. The van der Waals surface area contributed by atoms with Crippen LogP contribution >= 0.6 is 0 Å². The summed E-state index contributed by atoms with van der Waals surface area (Å²) in [5.41, 5.74) is -0.594. The lowest BCUT2D eigenvalue weighted by Crippen LogP contribution is -2.07. The fourth-order valence-electron chi connectivity index (χ4n) is 1.70. The lowest BCUT2D eigenvalue weighted by Gasteiger charge is -2.08. The smallest absolute Gasteiger partial charge is 0.302 e. The van der Waals surface area contributed by atoms with Gasteiger partial charge in [0.2, 0.25) is 0 Å². The van der Waals surface area contributed by atoms with Gasteiger partial charge in [0.15, 0.2) is 15.9 Å². The fraction of sp³-hybridized carbons (Fsp3) is 0.182. The normalized spacial score (nSPS) is 11.7. The molecule has 1 aromatic heterocycles.